The molecule has 45 heavy (non-hydrogen) atoms. The van der Waals surface area contributed by atoms with Crippen molar-refractivity contribution >= 4 is 28.5 Å². The first kappa shape index (κ1) is 31.9. The van der Waals surface area contributed by atoms with Crippen LogP contribution >= 0.6 is 0 Å². The van der Waals surface area contributed by atoms with Crippen molar-refractivity contribution in [1.29, 1.82) is 0 Å². The summed E-state index contributed by atoms with van der Waals surface area (Å²) >= 11 is 0. The van der Waals surface area contributed by atoms with Crippen LogP contribution in [0.25, 0.3) is 22.2 Å². The Labute approximate surface area is 263 Å². The van der Waals surface area contributed by atoms with Crippen LogP contribution in [0.15, 0.2) is 49.2 Å². The molecule has 11 heteroatoms. The monoisotopic (exact) mass is 612 g/mol. The van der Waals surface area contributed by atoms with E-state index in [4.69, 9.17) is 0 Å². The summed E-state index contributed by atoms with van der Waals surface area (Å²) in [5.74, 6) is 1.62. The van der Waals surface area contributed by atoms with Gasteiger partial charge in [0.25, 0.3) is 5.91 Å². The summed E-state index contributed by atoms with van der Waals surface area (Å²) in [6, 6.07) is 7.51. The van der Waals surface area contributed by atoms with Crippen molar-refractivity contribution in [2.45, 2.75) is 52.9 Å². The summed E-state index contributed by atoms with van der Waals surface area (Å²) in [6.45, 7) is 10.4. The highest BCUT2D eigenvalue weighted by Gasteiger charge is 2.25. The molecule has 2 N–H and O–H groups in total. The lowest BCUT2D eigenvalue weighted by molar-refractivity contribution is -0.130. The fraction of sp³-hybridized carbons (Fsp3) is 0.441. The summed E-state index contributed by atoms with van der Waals surface area (Å²) < 4.78 is 14.6. The number of piperidine rings is 1. The number of carbonyl (C=O) groups is 2. The van der Waals surface area contributed by atoms with Crippen LogP contribution in [0.1, 0.15) is 68.2 Å². The van der Waals surface area contributed by atoms with Gasteiger partial charge in [-0.2, -0.15) is 0 Å². The van der Waals surface area contributed by atoms with E-state index in [1.54, 1.807) is 13.0 Å². The van der Waals surface area contributed by atoms with Gasteiger partial charge >= 0.3 is 0 Å². The zero-order valence-corrected chi connectivity index (χ0v) is 26.5. The fourth-order valence-corrected chi connectivity index (χ4v) is 6.09. The smallest absolute Gasteiger partial charge is 0.254 e. The molecule has 0 spiro atoms. The number of nitrogens with one attached hydrogen (secondary N) is 2. The van der Waals surface area contributed by atoms with Crippen LogP contribution in [0.2, 0.25) is 0 Å². The molecule has 5 rings (SSSR count). The maximum Gasteiger partial charge on any atom is 0.254 e. The SMILES string of the molecule is CNC(=O)c1c(F)cnc2c(C(C)[C@H](C)C(C)CNc3cc(-c4cnc(CC5CCN(C(C)=O)CC5)nc4)ncn3)cccc12. The first-order valence-electron chi connectivity index (χ1n) is 15.6. The van der Waals surface area contributed by atoms with Gasteiger partial charge in [0.05, 0.1) is 23.0 Å². The Morgan fingerprint density at radius 2 is 1.76 bits per heavy atom. The summed E-state index contributed by atoms with van der Waals surface area (Å²) in [5.41, 5.74) is 3.20. The third-order valence-corrected chi connectivity index (χ3v) is 9.32. The Hall–Kier alpha value is -4.54. The third kappa shape index (κ3) is 7.24. The second kappa shape index (κ2) is 14.0. The number of anilines is 1. The molecule has 1 aliphatic heterocycles. The third-order valence-electron chi connectivity index (χ3n) is 9.32. The maximum absolute atomic E-state index is 14.6. The number of carbonyl (C=O) groups excluding carboxylic acids is 2. The van der Waals surface area contributed by atoms with Crippen molar-refractivity contribution < 1.29 is 14.0 Å². The summed E-state index contributed by atoms with van der Waals surface area (Å²) in [5, 5.41) is 6.50. The molecule has 0 bridgehead atoms. The Kier molecular flexibility index (Phi) is 9.95. The zero-order valence-electron chi connectivity index (χ0n) is 26.5. The molecular weight excluding hydrogens is 571 g/mol. The number of pyridine rings is 1. The summed E-state index contributed by atoms with van der Waals surface area (Å²) in [4.78, 5) is 48.4. The maximum atomic E-state index is 14.6. The number of likely N-dealkylation sites (tertiary alicyclic amines) is 1. The van der Waals surface area contributed by atoms with E-state index in [2.05, 4.69) is 56.3 Å². The number of hydrogen-bond donors (Lipinski definition) is 2. The highest BCUT2D eigenvalue weighted by molar-refractivity contribution is 6.06. The standard InChI is InChI=1S/C34H41FN8O2/c1-20(21(2)22(3)26-7-6-8-27-32(34(45)36-5)28(35)18-40-33(26)27)15-37-31-14-29(41-19-42-31)25-16-38-30(39-17-25)13-24-9-11-43(12-10-24)23(4)44/h6-8,14,16-22,24H,9-13,15H2,1-5H3,(H,36,45)(H,37,41,42)/t20?,21-,22?/m1/s1. The second-order valence-corrected chi connectivity index (χ2v) is 12.1. The van der Waals surface area contributed by atoms with E-state index in [1.807, 2.05) is 35.5 Å². The second-order valence-electron chi connectivity index (χ2n) is 12.1. The topological polar surface area (TPSA) is 126 Å². The van der Waals surface area contributed by atoms with Gasteiger partial charge in [-0.05, 0) is 42.1 Å². The molecule has 1 aliphatic rings. The molecule has 1 saturated heterocycles. The lowest BCUT2D eigenvalue weighted by Crippen LogP contribution is -2.37. The van der Waals surface area contributed by atoms with E-state index in [9.17, 15) is 14.0 Å². The first-order valence-corrected chi connectivity index (χ1v) is 15.6. The molecule has 3 atom stereocenters. The zero-order chi connectivity index (χ0) is 32.1. The molecule has 4 aromatic rings. The van der Waals surface area contributed by atoms with E-state index in [0.717, 1.165) is 61.2 Å². The predicted molar refractivity (Wildman–Crippen MR) is 172 cm³/mol. The average Bonchev–Trinajstić information content (AvgIpc) is 3.06. The Morgan fingerprint density at radius 3 is 2.44 bits per heavy atom. The van der Waals surface area contributed by atoms with Crippen LogP contribution in [-0.4, -0.2) is 68.3 Å². The minimum Gasteiger partial charge on any atom is -0.370 e. The van der Waals surface area contributed by atoms with E-state index in [1.165, 1.54) is 13.4 Å². The molecule has 1 aromatic carbocycles. The highest BCUT2D eigenvalue weighted by atomic mass is 19.1. The van der Waals surface area contributed by atoms with Crippen LogP contribution in [0, 0.1) is 23.6 Å². The molecule has 2 amide bonds. The minimum absolute atomic E-state index is 0.0185. The van der Waals surface area contributed by atoms with E-state index in [-0.39, 0.29) is 29.2 Å². The van der Waals surface area contributed by atoms with Gasteiger partial charge in [-0.15, -0.1) is 0 Å². The van der Waals surface area contributed by atoms with Crippen LogP contribution < -0.4 is 10.6 Å². The number of amides is 2. The molecule has 4 heterocycles. The Bertz CT molecular complexity index is 1660. The predicted octanol–water partition coefficient (Wildman–Crippen LogP) is 5.27. The number of rotatable bonds is 10. The van der Waals surface area contributed by atoms with Crippen LogP contribution in [0.4, 0.5) is 10.2 Å². The minimum atomic E-state index is -0.633. The fourth-order valence-electron chi connectivity index (χ4n) is 6.09. The number of hydrogen-bond acceptors (Lipinski definition) is 8. The molecule has 0 aliphatic carbocycles. The quantitative estimate of drug-likeness (QED) is 0.248. The molecular formula is C34H41FN8O2. The van der Waals surface area contributed by atoms with Gasteiger partial charge in [-0.25, -0.2) is 24.3 Å². The van der Waals surface area contributed by atoms with Crippen molar-refractivity contribution in [3.63, 3.8) is 0 Å². The number of benzene rings is 1. The molecule has 10 nitrogen and oxygen atoms in total. The molecule has 0 saturated carbocycles. The number of halogens is 1. The molecule has 1 fully saturated rings. The Morgan fingerprint density at radius 1 is 1.02 bits per heavy atom. The van der Waals surface area contributed by atoms with Gasteiger partial charge < -0.3 is 15.5 Å². The first-order chi connectivity index (χ1) is 21.7. The van der Waals surface area contributed by atoms with E-state index >= 15 is 0 Å². The van der Waals surface area contributed by atoms with E-state index < -0.39 is 11.7 Å². The van der Waals surface area contributed by atoms with Crippen molar-refractivity contribution in [1.82, 2.24) is 35.1 Å². The summed E-state index contributed by atoms with van der Waals surface area (Å²) in [6.07, 6.45) is 9.03. The summed E-state index contributed by atoms with van der Waals surface area (Å²) in [7, 11) is 1.49. The van der Waals surface area contributed by atoms with Crippen LogP contribution in [0.5, 0.6) is 0 Å². The lowest BCUT2D eigenvalue weighted by Gasteiger charge is -2.30. The van der Waals surface area contributed by atoms with Gasteiger partial charge in [0.1, 0.15) is 18.0 Å². The van der Waals surface area contributed by atoms with Crippen LogP contribution in [-0.2, 0) is 11.2 Å². The molecule has 2 unspecified atom stereocenters. The number of fused-ring (bicyclic) bond motifs is 1. The van der Waals surface area contributed by atoms with Crippen molar-refractivity contribution in [2.75, 3.05) is 32.0 Å². The molecule has 3 aromatic heterocycles. The molecule has 0 radical (unpaired) electrons. The number of para-hydroxylation sites is 1. The van der Waals surface area contributed by atoms with Gasteiger partial charge in [-0.3, -0.25) is 14.6 Å². The van der Waals surface area contributed by atoms with E-state index in [0.29, 0.717) is 29.2 Å². The van der Waals surface area contributed by atoms with Gasteiger partial charge in [0.2, 0.25) is 5.91 Å². The van der Waals surface area contributed by atoms with Gasteiger partial charge in [0.15, 0.2) is 5.82 Å². The van der Waals surface area contributed by atoms with Crippen molar-refractivity contribution in [3.05, 3.63) is 72.0 Å². The molecule has 236 valence electrons. The normalized spacial score (nSPS) is 15.8. The van der Waals surface area contributed by atoms with Gasteiger partial charge in [0, 0.05) is 69.4 Å². The lowest BCUT2D eigenvalue weighted by atomic mass is 9.80. The van der Waals surface area contributed by atoms with Crippen LogP contribution in [0.3, 0.4) is 0 Å². The van der Waals surface area contributed by atoms with Crippen molar-refractivity contribution in [2.24, 2.45) is 17.8 Å². The number of aromatic nitrogens is 5. The number of nitrogens with zero attached hydrogens (tertiary/aromatic N) is 6. The average molecular weight is 613 g/mol. The highest BCUT2D eigenvalue weighted by Crippen LogP contribution is 2.35. The van der Waals surface area contributed by atoms with Gasteiger partial charge in [-0.1, -0.05) is 39.0 Å². The Balaban J connectivity index is 1.21. The largest absolute Gasteiger partial charge is 0.370 e. The van der Waals surface area contributed by atoms with Crippen molar-refractivity contribution in [3.8, 4) is 11.3 Å².